The molecule has 1 atom stereocenters. The Balaban J connectivity index is 1.65. The van der Waals surface area contributed by atoms with Gasteiger partial charge in [-0.3, -0.25) is 14.4 Å². The molecule has 146 valence electrons. The third-order valence-corrected chi connectivity index (χ3v) is 5.26. The first-order valence-electron chi connectivity index (χ1n) is 9.46. The fraction of sp³-hybridized carbons (Fsp3) is 0.550. The van der Waals surface area contributed by atoms with Crippen molar-refractivity contribution in [2.24, 2.45) is 5.92 Å². The Morgan fingerprint density at radius 3 is 2.56 bits per heavy atom. The molecule has 0 bridgehead atoms. The fourth-order valence-corrected chi connectivity index (χ4v) is 3.81. The van der Waals surface area contributed by atoms with E-state index in [4.69, 9.17) is 9.84 Å². The number of hydrogen-bond donors (Lipinski definition) is 1. The Hall–Kier alpha value is -2.41. The van der Waals surface area contributed by atoms with Gasteiger partial charge in [-0.15, -0.1) is 0 Å². The second kappa shape index (κ2) is 8.99. The first-order chi connectivity index (χ1) is 13.0. The second-order valence-electron chi connectivity index (χ2n) is 7.18. The monoisotopic (exact) mass is 374 g/mol. The van der Waals surface area contributed by atoms with Crippen LogP contribution in [0.4, 0.5) is 0 Å². The third kappa shape index (κ3) is 5.07. The van der Waals surface area contributed by atoms with Crippen LogP contribution in [0, 0.1) is 5.92 Å². The van der Waals surface area contributed by atoms with E-state index in [-0.39, 0.29) is 37.2 Å². The summed E-state index contributed by atoms with van der Waals surface area (Å²) in [6, 6.07) is 9.70. The van der Waals surface area contributed by atoms with Gasteiger partial charge >= 0.3 is 5.97 Å². The standard InChI is InChI=1S/C20H26N2O5/c23-18-12-16(14-21(18)13-15-4-2-1-3-5-15)20(26)22(9-6-19(24)25)17-7-10-27-11-8-17/h1-5,16-17H,6-14H2,(H,24,25). The van der Waals surface area contributed by atoms with Gasteiger partial charge in [-0.1, -0.05) is 30.3 Å². The predicted molar refractivity (Wildman–Crippen MR) is 97.8 cm³/mol. The number of ether oxygens (including phenoxy) is 1. The predicted octanol–water partition coefficient (Wildman–Crippen LogP) is 1.52. The van der Waals surface area contributed by atoms with Crippen LogP contribution in [0.25, 0.3) is 0 Å². The fourth-order valence-electron chi connectivity index (χ4n) is 3.81. The summed E-state index contributed by atoms with van der Waals surface area (Å²) in [6.07, 6.45) is 1.52. The van der Waals surface area contributed by atoms with Crippen molar-refractivity contribution >= 4 is 17.8 Å². The lowest BCUT2D eigenvalue weighted by atomic mass is 10.0. The zero-order valence-electron chi connectivity index (χ0n) is 15.4. The van der Waals surface area contributed by atoms with Crippen molar-refractivity contribution in [1.82, 2.24) is 9.80 Å². The third-order valence-electron chi connectivity index (χ3n) is 5.26. The van der Waals surface area contributed by atoms with Crippen LogP contribution < -0.4 is 0 Å². The number of benzene rings is 1. The Labute approximate surface area is 158 Å². The van der Waals surface area contributed by atoms with Crippen molar-refractivity contribution < 1.29 is 24.2 Å². The number of carboxylic acids is 1. The summed E-state index contributed by atoms with van der Waals surface area (Å²) in [4.78, 5) is 39.9. The first-order valence-corrected chi connectivity index (χ1v) is 9.46. The van der Waals surface area contributed by atoms with Crippen LogP contribution >= 0.6 is 0 Å². The maximum Gasteiger partial charge on any atom is 0.305 e. The number of aliphatic carboxylic acids is 1. The highest BCUT2D eigenvalue weighted by atomic mass is 16.5. The molecule has 2 amide bonds. The summed E-state index contributed by atoms with van der Waals surface area (Å²) in [7, 11) is 0. The largest absolute Gasteiger partial charge is 0.481 e. The summed E-state index contributed by atoms with van der Waals surface area (Å²) < 4.78 is 5.36. The highest BCUT2D eigenvalue weighted by molar-refractivity contribution is 5.89. The van der Waals surface area contributed by atoms with Crippen LogP contribution in [-0.2, 0) is 25.7 Å². The highest BCUT2D eigenvalue weighted by Crippen LogP contribution is 2.25. The summed E-state index contributed by atoms with van der Waals surface area (Å²) in [5.41, 5.74) is 1.03. The minimum absolute atomic E-state index is 0.0103. The van der Waals surface area contributed by atoms with Crippen molar-refractivity contribution in [3.8, 4) is 0 Å². The summed E-state index contributed by atoms with van der Waals surface area (Å²) in [5.74, 6) is -1.46. The van der Waals surface area contributed by atoms with Crippen LogP contribution in [0.5, 0.6) is 0 Å². The van der Waals surface area contributed by atoms with Crippen molar-refractivity contribution in [1.29, 1.82) is 0 Å². The smallest absolute Gasteiger partial charge is 0.305 e. The molecular weight excluding hydrogens is 348 g/mol. The van der Waals surface area contributed by atoms with Crippen LogP contribution in [0.3, 0.4) is 0 Å². The molecule has 7 heteroatoms. The summed E-state index contributed by atoms with van der Waals surface area (Å²) in [5, 5.41) is 9.03. The first kappa shape index (κ1) is 19.4. The van der Waals surface area contributed by atoms with E-state index in [0.717, 1.165) is 5.56 Å². The van der Waals surface area contributed by atoms with Gasteiger partial charge < -0.3 is 19.6 Å². The molecule has 2 heterocycles. The van der Waals surface area contributed by atoms with Gasteiger partial charge in [-0.2, -0.15) is 0 Å². The van der Waals surface area contributed by atoms with Gasteiger partial charge in [-0.25, -0.2) is 0 Å². The van der Waals surface area contributed by atoms with Gasteiger partial charge in [0.1, 0.15) is 0 Å². The molecule has 2 fully saturated rings. The molecule has 7 nitrogen and oxygen atoms in total. The Morgan fingerprint density at radius 2 is 1.89 bits per heavy atom. The van der Waals surface area contributed by atoms with E-state index in [1.807, 2.05) is 30.3 Å². The van der Waals surface area contributed by atoms with E-state index in [1.165, 1.54) is 0 Å². The second-order valence-corrected chi connectivity index (χ2v) is 7.18. The van der Waals surface area contributed by atoms with Crippen LogP contribution in [0.1, 0.15) is 31.2 Å². The van der Waals surface area contributed by atoms with Gasteiger partial charge in [0.25, 0.3) is 0 Å². The average Bonchev–Trinajstić information content (AvgIpc) is 3.04. The molecule has 1 aromatic carbocycles. The van der Waals surface area contributed by atoms with Crippen molar-refractivity contribution in [3.63, 3.8) is 0 Å². The number of likely N-dealkylation sites (tertiary alicyclic amines) is 1. The number of amides is 2. The van der Waals surface area contributed by atoms with Gasteiger partial charge in [-0.05, 0) is 18.4 Å². The molecule has 1 unspecified atom stereocenters. The zero-order valence-corrected chi connectivity index (χ0v) is 15.4. The van der Waals surface area contributed by atoms with Crippen LogP contribution in [-0.4, -0.2) is 65.0 Å². The topological polar surface area (TPSA) is 87.2 Å². The van der Waals surface area contributed by atoms with Gasteiger partial charge in [0.05, 0.1) is 12.3 Å². The normalized spacial score (nSPS) is 20.7. The molecule has 2 aliphatic rings. The van der Waals surface area contributed by atoms with E-state index >= 15 is 0 Å². The van der Waals surface area contributed by atoms with Crippen molar-refractivity contribution in [3.05, 3.63) is 35.9 Å². The quantitative estimate of drug-likeness (QED) is 0.782. The Bertz CT molecular complexity index is 672. The molecule has 0 saturated carbocycles. The number of carbonyl (C=O) groups excluding carboxylic acids is 2. The molecule has 2 aliphatic heterocycles. The van der Waals surface area contributed by atoms with Gasteiger partial charge in [0, 0.05) is 45.3 Å². The number of nitrogens with zero attached hydrogens (tertiary/aromatic N) is 2. The lowest BCUT2D eigenvalue weighted by Crippen LogP contribution is -2.47. The minimum Gasteiger partial charge on any atom is -0.481 e. The van der Waals surface area contributed by atoms with E-state index in [1.54, 1.807) is 9.80 Å². The van der Waals surface area contributed by atoms with Crippen LogP contribution in [0.2, 0.25) is 0 Å². The molecule has 3 rings (SSSR count). The number of rotatable bonds is 7. The lowest BCUT2D eigenvalue weighted by molar-refractivity contribution is -0.142. The minimum atomic E-state index is -0.923. The van der Waals surface area contributed by atoms with E-state index in [9.17, 15) is 14.4 Å². The van der Waals surface area contributed by atoms with Gasteiger partial charge in [0.15, 0.2) is 0 Å². The molecule has 0 aromatic heterocycles. The molecule has 2 saturated heterocycles. The van der Waals surface area contributed by atoms with E-state index < -0.39 is 11.9 Å². The van der Waals surface area contributed by atoms with Crippen molar-refractivity contribution in [2.75, 3.05) is 26.3 Å². The zero-order chi connectivity index (χ0) is 19.2. The van der Waals surface area contributed by atoms with Crippen molar-refractivity contribution in [2.45, 2.75) is 38.3 Å². The molecule has 0 radical (unpaired) electrons. The molecule has 0 spiro atoms. The SMILES string of the molecule is O=C(O)CCN(C(=O)C1CC(=O)N(Cc2ccccc2)C1)C1CCOCC1. The summed E-state index contributed by atoms with van der Waals surface area (Å²) >= 11 is 0. The highest BCUT2D eigenvalue weighted by Gasteiger charge is 2.38. The number of carbonyl (C=O) groups is 3. The maximum atomic E-state index is 13.1. The maximum absolute atomic E-state index is 13.1. The number of hydrogen-bond acceptors (Lipinski definition) is 4. The molecular formula is C20H26N2O5. The Morgan fingerprint density at radius 1 is 1.19 bits per heavy atom. The van der Waals surface area contributed by atoms with Gasteiger partial charge in [0.2, 0.25) is 11.8 Å². The number of carboxylic acid groups (broad SMARTS) is 1. The molecule has 1 N–H and O–H groups in total. The molecule has 1 aromatic rings. The molecule has 27 heavy (non-hydrogen) atoms. The van der Waals surface area contributed by atoms with E-state index in [2.05, 4.69) is 0 Å². The average molecular weight is 374 g/mol. The van der Waals surface area contributed by atoms with E-state index in [0.29, 0.717) is 39.1 Å². The summed E-state index contributed by atoms with van der Waals surface area (Å²) in [6.45, 7) is 2.22. The van der Waals surface area contributed by atoms with Crippen LogP contribution in [0.15, 0.2) is 30.3 Å². The Kier molecular flexibility index (Phi) is 6.45. The lowest BCUT2D eigenvalue weighted by Gasteiger charge is -2.35. The molecule has 0 aliphatic carbocycles.